The van der Waals surface area contributed by atoms with Gasteiger partial charge in [-0.2, -0.15) is 0 Å². The summed E-state index contributed by atoms with van der Waals surface area (Å²) in [6.07, 6.45) is 11.5. The maximum atomic E-state index is 2.40. The number of rotatable bonds is 1. The molecule has 1 fully saturated rings. The van der Waals surface area contributed by atoms with Gasteiger partial charge >= 0.3 is 0 Å². The number of nitrogens with zero attached hydrogens (tertiary/aromatic N) is 1. The molecule has 1 aromatic heterocycles. The largest absolute Gasteiger partial charge is 0.202 e. The molecule has 1 aromatic rings. The van der Waals surface area contributed by atoms with Gasteiger partial charge < -0.3 is 0 Å². The Kier molecular flexibility index (Phi) is 2.62. The summed E-state index contributed by atoms with van der Waals surface area (Å²) in [6, 6.07) is 5.09. The molecular formula is C12H18N+. The lowest BCUT2D eigenvalue weighted by Crippen LogP contribution is -2.40. The molecule has 0 aromatic carbocycles. The zero-order valence-electron chi connectivity index (χ0n) is 8.37. The number of aryl methyl sites for hydroxylation is 1. The van der Waals surface area contributed by atoms with Crippen molar-refractivity contribution in [3.8, 4) is 0 Å². The molecule has 1 saturated carbocycles. The summed E-state index contributed by atoms with van der Waals surface area (Å²) in [5.41, 5.74) is 1.37. The molecule has 0 aliphatic heterocycles. The van der Waals surface area contributed by atoms with Crippen LogP contribution in [0.4, 0.5) is 0 Å². The van der Waals surface area contributed by atoms with Gasteiger partial charge in [-0.05, 0) is 25.8 Å². The summed E-state index contributed by atoms with van der Waals surface area (Å²) in [6.45, 7) is 2.17. The monoisotopic (exact) mass is 176 g/mol. The van der Waals surface area contributed by atoms with E-state index in [0.717, 1.165) is 6.04 Å². The minimum absolute atomic E-state index is 0.772. The van der Waals surface area contributed by atoms with E-state index in [1.807, 2.05) is 0 Å². The third-order valence-electron chi connectivity index (χ3n) is 2.97. The van der Waals surface area contributed by atoms with Crippen LogP contribution in [0.2, 0.25) is 0 Å². The van der Waals surface area contributed by atoms with E-state index in [-0.39, 0.29) is 0 Å². The molecule has 0 spiro atoms. The first-order chi connectivity index (χ1) is 6.36. The first-order valence-corrected chi connectivity index (χ1v) is 5.34. The smallest absolute Gasteiger partial charge is 0.171 e. The van der Waals surface area contributed by atoms with Gasteiger partial charge in [0.05, 0.1) is 0 Å². The average molecular weight is 176 g/mol. The molecule has 0 saturated heterocycles. The van der Waals surface area contributed by atoms with Crippen LogP contribution in [-0.2, 0) is 0 Å². The van der Waals surface area contributed by atoms with Gasteiger partial charge in [0.1, 0.15) is 0 Å². The SMILES string of the molecule is Cc1ccc[n+](C2CCCCC2)c1. The Morgan fingerprint density at radius 1 is 1.23 bits per heavy atom. The maximum Gasteiger partial charge on any atom is 0.171 e. The van der Waals surface area contributed by atoms with Gasteiger partial charge in [0, 0.05) is 24.5 Å². The van der Waals surface area contributed by atoms with Crippen LogP contribution in [-0.4, -0.2) is 0 Å². The van der Waals surface area contributed by atoms with Crippen molar-refractivity contribution in [3.05, 3.63) is 30.1 Å². The highest BCUT2D eigenvalue weighted by atomic mass is 15.0. The van der Waals surface area contributed by atoms with Crippen LogP contribution in [0.5, 0.6) is 0 Å². The Bertz CT molecular complexity index is 274. The van der Waals surface area contributed by atoms with Crippen LogP contribution < -0.4 is 4.57 Å². The van der Waals surface area contributed by atoms with Crippen molar-refractivity contribution in [3.63, 3.8) is 0 Å². The molecule has 0 radical (unpaired) electrons. The molecule has 1 aliphatic carbocycles. The lowest BCUT2D eigenvalue weighted by Gasteiger charge is -2.17. The van der Waals surface area contributed by atoms with E-state index >= 15 is 0 Å². The molecule has 1 nitrogen and oxygen atoms in total. The van der Waals surface area contributed by atoms with E-state index in [1.165, 1.54) is 37.7 Å². The van der Waals surface area contributed by atoms with Gasteiger partial charge in [0.2, 0.25) is 0 Å². The summed E-state index contributed by atoms with van der Waals surface area (Å²) >= 11 is 0. The van der Waals surface area contributed by atoms with E-state index in [0.29, 0.717) is 0 Å². The second kappa shape index (κ2) is 3.91. The van der Waals surface area contributed by atoms with Gasteiger partial charge in [-0.1, -0.05) is 6.42 Å². The average Bonchev–Trinajstić information content (AvgIpc) is 2.19. The quantitative estimate of drug-likeness (QED) is 0.579. The lowest BCUT2D eigenvalue weighted by atomic mass is 9.95. The van der Waals surface area contributed by atoms with Crippen LogP contribution in [0.25, 0.3) is 0 Å². The Morgan fingerprint density at radius 3 is 2.69 bits per heavy atom. The molecule has 0 N–H and O–H groups in total. The Morgan fingerprint density at radius 2 is 2.00 bits per heavy atom. The van der Waals surface area contributed by atoms with E-state index in [9.17, 15) is 0 Å². The van der Waals surface area contributed by atoms with Gasteiger partial charge in [-0.15, -0.1) is 0 Å². The minimum atomic E-state index is 0.772. The molecule has 13 heavy (non-hydrogen) atoms. The van der Waals surface area contributed by atoms with Crippen molar-refractivity contribution in [2.45, 2.75) is 45.1 Å². The van der Waals surface area contributed by atoms with E-state index < -0.39 is 0 Å². The summed E-state index contributed by atoms with van der Waals surface area (Å²) < 4.78 is 2.40. The first kappa shape index (κ1) is 8.74. The molecule has 2 rings (SSSR count). The molecule has 0 atom stereocenters. The molecule has 0 amide bonds. The lowest BCUT2D eigenvalue weighted by molar-refractivity contribution is -0.726. The van der Waals surface area contributed by atoms with Gasteiger partial charge in [-0.3, -0.25) is 0 Å². The van der Waals surface area contributed by atoms with Crippen molar-refractivity contribution in [1.82, 2.24) is 0 Å². The topological polar surface area (TPSA) is 3.88 Å². The van der Waals surface area contributed by atoms with Crippen molar-refractivity contribution >= 4 is 0 Å². The zero-order valence-corrected chi connectivity index (χ0v) is 8.37. The van der Waals surface area contributed by atoms with Crippen LogP contribution in [0.1, 0.15) is 43.7 Å². The highest BCUT2D eigenvalue weighted by Crippen LogP contribution is 2.23. The zero-order chi connectivity index (χ0) is 9.10. The van der Waals surface area contributed by atoms with Crippen LogP contribution in [0.15, 0.2) is 24.5 Å². The van der Waals surface area contributed by atoms with E-state index in [4.69, 9.17) is 0 Å². The summed E-state index contributed by atoms with van der Waals surface area (Å²) in [4.78, 5) is 0. The second-order valence-electron chi connectivity index (χ2n) is 4.12. The summed E-state index contributed by atoms with van der Waals surface area (Å²) in [7, 11) is 0. The van der Waals surface area contributed by atoms with Crippen LogP contribution in [0, 0.1) is 6.92 Å². The Labute approximate surface area is 80.4 Å². The molecule has 0 bridgehead atoms. The van der Waals surface area contributed by atoms with Gasteiger partial charge in [0.15, 0.2) is 18.4 Å². The predicted octanol–water partition coefficient (Wildman–Crippen LogP) is 2.79. The Balaban J connectivity index is 2.14. The predicted molar refractivity (Wildman–Crippen MR) is 53.5 cm³/mol. The second-order valence-corrected chi connectivity index (χ2v) is 4.12. The van der Waals surface area contributed by atoms with Crippen molar-refractivity contribution < 1.29 is 4.57 Å². The first-order valence-electron chi connectivity index (χ1n) is 5.34. The number of hydrogen-bond donors (Lipinski definition) is 0. The number of pyridine rings is 1. The number of hydrogen-bond acceptors (Lipinski definition) is 0. The fourth-order valence-corrected chi connectivity index (χ4v) is 2.22. The minimum Gasteiger partial charge on any atom is -0.202 e. The highest BCUT2D eigenvalue weighted by Gasteiger charge is 2.20. The fraction of sp³-hybridized carbons (Fsp3) is 0.583. The molecule has 1 heterocycles. The van der Waals surface area contributed by atoms with Crippen LogP contribution >= 0.6 is 0 Å². The van der Waals surface area contributed by atoms with Gasteiger partial charge in [-0.25, -0.2) is 4.57 Å². The molecular weight excluding hydrogens is 158 g/mol. The van der Waals surface area contributed by atoms with Crippen molar-refractivity contribution in [2.75, 3.05) is 0 Å². The molecule has 1 aliphatic rings. The third kappa shape index (κ3) is 2.09. The Hall–Kier alpha value is -0.850. The maximum absolute atomic E-state index is 2.40. The molecule has 70 valence electrons. The fourth-order valence-electron chi connectivity index (χ4n) is 2.22. The normalized spacial score (nSPS) is 18.8. The molecule has 0 unspecified atom stereocenters. The summed E-state index contributed by atoms with van der Waals surface area (Å²) in [5, 5.41) is 0. The van der Waals surface area contributed by atoms with Crippen molar-refractivity contribution in [2.24, 2.45) is 0 Å². The van der Waals surface area contributed by atoms with Gasteiger partial charge in [0.25, 0.3) is 0 Å². The van der Waals surface area contributed by atoms with Crippen molar-refractivity contribution in [1.29, 1.82) is 0 Å². The van der Waals surface area contributed by atoms with E-state index in [2.05, 4.69) is 36.0 Å². The van der Waals surface area contributed by atoms with E-state index in [1.54, 1.807) is 0 Å². The highest BCUT2D eigenvalue weighted by molar-refractivity contribution is 5.01. The van der Waals surface area contributed by atoms with Crippen LogP contribution in [0.3, 0.4) is 0 Å². The third-order valence-corrected chi connectivity index (χ3v) is 2.97. The number of aromatic nitrogens is 1. The molecule has 1 heteroatoms. The summed E-state index contributed by atoms with van der Waals surface area (Å²) in [5.74, 6) is 0. The standard InChI is InChI=1S/C12H18N/c1-11-6-5-9-13(10-11)12-7-3-2-4-8-12/h5-6,9-10,12H,2-4,7-8H2,1H3/q+1.